The number of carboxylic acid groups (broad SMARTS) is 1. The number of amides is 1. The fraction of sp³-hybridized carbons (Fsp3) is 0.200. The minimum atomic E-state index is -4.17. The first-order chi connectivity index (χ1) is 9.14. The fourth-order valence-electron chi connectivity index (χ4n) is 1.36. The number of rotatable bonds is 6. The quantitative estimate of drug-likeness (QED) is 0.692. The molecule has 20 heavy (non-hydrogen) atoms. The summed E-state index contributed by atoms with van der Waals surface area (Å²) in [4.78, 5) is 21.5. The van der Waals surface area contributed by atoms with Gasteiger partial charge in [0.25, 0.3) is 0 Å². The van der Waals surface area contributed by atoms with Gasteiger partial charge in [-0.05, 0) is 34.1 Å². The van der Waals surface area contributed by atoms with Crippen LogP contribution in [-0.4, -0.2) is 42.8 Å². The van der Waals surface area contributed by atoms with Crippen molar-refractivity contribution in [3.05, 3.63) is 27.1 Å². The molecule has 1 amide bonds. The topological polar surface area (TPSA) is 118 Å². The number of carboxylic acids is 1. The van der Waals surface area contributed by atoms with Crippen LogP contribution >= 0.6 is 31.9 Å². The molecule has 0 saturated heterocycles. The third kappa shape index (κ3) is 4.27. The van der Waals surface area contributed by atoms with E-state index in [-0.39, 0.29) is 9.37 Å². The van der Waals surface area contributed by atoms with E-state index in [4.69, 9.17) is 10.8 Å². The van der Waals surface area contributed by atoms with Crippen molar-refractivity contribution in [2.75, 3.05) is 13.1 Å². The number of hydrogen-bond donors (Lipinski definition) is 2. The molecule has 0 aliphatic carbocycles. The van der Waals surface area contributed by atoms with E-state index < -0.39 is 35.0 Å². The molecule has 0 aliphatic rings. The minimum Gasteiger partial charge on any atom is -0.480 e. The molecule has 1 aromatic rings. The number of sulfonamides is 1. The van der Waals surface area contributed by atoms with Gasteiger partial charge in [0, 0.05) is 8.95 Å². The van der Waals surface area contributed by atoms with Crippen LogP contribution in [0.5, 0.6) is 0 Å². The zero-order valence-corrected chi connectivity index (χ0v) is 13.9. The van der Waals surface area contributed by atoms with E-state index in [9.17, 15) is 18.0 Å². The first-order valence-corrected chi connectivity index (χ1v) is 8.12. The molecule has 0 heterocycles. The van der Waals surface area contributed by atoms with Gasteiger partial charge in [0.05, 0.1) is 11.4 Å². The number of aliphatic carboxylic acids is 1. The van der Waals surface area contributed by atoms with Gasteiger partial charge in [-0.2, -0.15) is 4.31 Å². The van der Waals surface area contributed by atoms with Gasteiger partial charge in [-0.25, -0.2) is 8.42 Å². The Labute approximate surface area is 132 Å². The van der Waals surface area contributed by atoms with Crippen LogP contribution in [0.2, 0.25) is 0 Å². The molecular weight excluding hydrogens is 420 g/mol. The Morgan fingerprint density at radius 3 is 2.35 bits per heavy atom. The molecule has 7 nitrogen and oxygen atoms in total. The zero-order chi connectivity index (χ0) is 15.5. The highest BCUT2D eigenvalue weighted by Crippen LogP contribution is 2.28. The first kappa shape index (κ1) is 17.1. The van der Waals surface area contributed by atoms with Crippen molar-refractivity contribution >= 4 is 53.8 Å². The van der Waals surface area contributed by atoms with Crippen molar-refractivity contribution < 1.29 is 23.1 Å². The monoisotopic (exact) mass is 428 g/mol. The van der Waals surface area contributed by atoms with Crippen molar-refractivity contribution in [1.29, 1.82) is 0 Å². The largest absolute Gasteiger partial charge is 0.480 e. The van der Waals surface area contributed by atoms with Crippen molar-refractivity contribution in [2.24, 2.45) is 5.73 Å². The standard InChI is InChI=1S/C10H10Br2N2O5S/c11-6-1-2-7(12)8(3-6)20(18,19)14(4-9(13)15)5-10(16)17/h1-3H,4-5H2,(H2,13,15)(H,16,17). The maximum atomic E-state index is 12.4. The molecule has 0 aliphatic heterocycles. The van der Waals surface area contributed by atoms with Crippen molar-refractivity contribution in [3.8, 4) is 0 Å². The highest BCUT2D eigenvalue weighted by molar-refractivity contribution is 9.11. The maximum absolute atomic E-state index is 12.4. The first-order valence-electron chi connectivity index (χ1n) is 5.10. The molecule has 0 unspecified atom stereocenters. The highest BCUT2D eigenvalue weighted by Gasteiger charge is 2.29. The average molecular weight is 430 g/mol. The Morgan fingerprint density at radius 2 is 1.85 bits per heavy atom. The van der Waals surface area contributed by atoms with Gasteiger partial charge in [0.2, 0.25) is 15.9 Å². The van der Waals surface area contributed by atoms with Crippen molar-refractivity contribution in [1.82, 2.24) is 4.31 Å². The maximum Gasteiger partial charge on any atom is 0.318 e. The van der Waals surface area contributed by atoms with Gasteiger partial charge in [-0.3, -0.25) is 9.59 Å². The molecule has 0 radical (unpaired) electrons. The average Bonchev–Trinajstić information content (AvgIpc) is 2.30. The summed E-state index contributed by atoms with van der Waals surface area (Å²) in [6.07, 6.45) is 0. The van der Waals surface area contributed by atoms with E-state index in [1.807, 2.05) is 0 Å². The summed E-state index contributed by atoms with van der Waals surface area (Å²) < 4.78 is 26.0. The molecule has 0 saturated carbocycles. The van der Waals surface area contributed by atoms with Crippen LogP contribution in [0.1, 0.15) is 0 Å². The lowest BCUT2D eigenvalue weighted by atomic mass is 10.4. The van der Waals surface area contributed by atoms with E-state index in [0.29, 0.717) is 8.78 Å². The molecule has 0 atom stereocenters. The summed E-state index contributed by atoms with van der Waals surface area (Å²) in [5, 5.41) is 8.75. The highest BCUT2D eigenvalue weighted by atomic mass is 79.9. The molecule has 0 spiro atoms. The number of hydrogen-bond acceptors (Lipinski definition) is 4. The van der Waals surface area contributed by atoms with E-state index in [1.54, 1.807) is 6.07 Å². The summed E-state index contributed by atoms with van der Waals surface area (Å²) >= 11 is 6.20. The predicted octanol–water partition coefficient (Wildman–Crippen LogP) is 0.772. The lowest BCUT2D eigenvalue weighted by Crippen LogP contribution is -2.41. The lowest BCUT2D eigenvalue weighted by molar-refractivity contribution is -0.137. The number of carbonyl (C=O) groups is 2. The van der Waals surface area contributed by atoms with Crippen LogP contribution in [0.3, 0.4) is 0 Å². The van der Waals surface area contributed by atoms with Gasteiger partial charge in [0.1, 0.15) is 6.54 Å². The lowest BCUT2D eigenvalue weighted by Gasteiger charge is -2.19. The van der Waals surface area contributed by atoms with E-state index in [1.165, 1.54) is 12.1 Å². The number of primary amides is 1. The van der Waals surface area contributed by atoms with Crippen molar-refractivity contribution in [2.45, 2.75) is 4.90 Å². The van der Waals surface area contributed by atoms with E-state index >= 15 is 0 Å². The Kier molecular flexibility index (Phi) is 5.68. The molecule has 1 aromatic carbocycles. The second-order valence-corrected chi connectivity index (χ2v) is 7.38. The summed E-state index contributed by atoms with van der Waals surface area (Å²) in [6.45, 7) is -1.57. The van der Waals surface area contributed by atoms with Crippen molar-refractivity contribution in [3.63, 3.8) is 0 Å². The molecular formula is C10H10Br2N2O5S. The van der Waals surface area contributed by atoms with E-state index in [2.05, 4.69) is 31.9 Å². The second kappa shape index (κ2) is 6.66. The fourth-order valence-corrected chi connectivity index (χ4v) is 4.18. The van der Waals surface area contributed by atoms with Gasteiger partial charge in [0.15, 0.2) is 0 Å². The second-order valence-electron chi connectivity index (χ2n) is 3.71. The molecule has 0 aromatic heterocycles. The molecule has 0 fully saturated rings. The van der Waals surface area contributed by atoms with Crippen LogP contribution in [0.15, 0.2) is 32.0 Å². The molecule has 1 rings (SSSR count). The number of carbonyl (C=O) groups excluding carboxylic acids is 1. The Balaban J connectivity index is 3.31. The van der Waals surface area contributed by atoms with Gasteiger partial charge >= 0.3 is 5.97 Å². The van der Waals surface area contributed by atoms with Crippen LogP contribution in [0.4, 0.5) is 0 Å². The Morgan fingerprint density at radius 1 is 1.25 bits per heavy atom. The SMILES string of the molecule is NC(=O)CN(CC(=O)O)S(=O)(=O)c1cc(Br)ccc1Br. The third-order valence-corrected chi connectivity index (χ3v) is 5.43. The number of halogens is 2. The third-order valence-electron chi connectivity index (χ3n) is 2.15. The van der Waals surface area contributed by atoms with Gasteiger partial charge in [-0.15, -0.1) is 0 Å². The summed E-state index contributed by atoms with van der Waals surface area (Å²) in [5.41, 5.74) is 4.95. The van der Waals surface area contributed by atoms with Crippen LogP contribution in [0.25, 0.3) is 0 Å². The number of nitrogens with zero attached hydrogens (tertiary/aromatic N) is 1. The Hall–Kier alpha value is -0.970. The van der Waals surface area contributed by atoms with Crippen LogP contribution < -0.4 is 5.73 Å². The summed E-state index contributed by atoms with van der Waals surface area (Å²) in [6, 6.07) is 4.40. The molecule has 110 valence electrons. The van der Waals surface area contributed by atoms with Crippen LogP contribution in [0, 0.1) is 0 Å². The van der Waals surface area contributed by atoms with Crippen LogP contribution in [-0.2, 0) is 19.6 Å². The normalized spacial score (nSPS) is 11.6. The van der Waals surface area contributed by atoms with Gasteiger partial charge < -0.3 is 10.8 Å². The number of benzene rings is 1. The molecule has 0 bridgehead atoms. The number of nitrogens with two attached hydrogens (primary N) is 1. The smallest absolute Gasteiger partial charge is 0.318 e. The summed E-state index contributed by atoms with van der Waals surface area (Å²) in [5.74, 6) is -2.33. The molecule has 3 N–H and O–H groups in total. The van der Waals surface area contributed by atoms with Gasteiger partial charge in [-0.1, -0.05) is 15.9 Å². The predicted molar refractivity (Wildman–Crippen MR) is 77.4 cm³/mol. The zero-order valence-electron chi connectivity index (χ0n) is 9.92. The van der Waals surface area contributed by atoms with E-state index in [0.717, 1.165) is 0 Å². The Bertz CT molecular complexity index is 631. The molecule has 10 heteroatoms. The summed E-state index contributed by atoms with van der Waals surface area (Å²) in [7, 11) is -4.17. The minimum absolute atomic E-state index is 0.158.